The Morgan fingerprint density at radius 1 is 0.857 bits per heavy atom. The van der Waals surface area contributed by atoms with Gasteiger partial charge in [-0.2, -0.15) is 0 Å². The van der Waals surface area contributed by atoms with Crippen LogP contribution in [0.1, 0.15) is 0 Å². The molecule has 0 aromatic rings. The zero-order valence-electron chi connectivity index (χ0n) is 4.97. The first kappa shape index (κ1) is 26.9. The highest BCUT2D eigenvalue weighted by Gasteiger charge is 1.61. The summed E-state index contributed by atoms with van der Waals surface area (Å²) < 4.78 is 0. The predicted molar refractivity (Wildman–Crippen MR) is 34.2 cm³/mol. The lowest BCUT2D eigenvalue weighted by molar-refractivity contribution is -0.836. The predicted octanol–water partition coefficient (Wildman–Crippen LogP) is -2.40. The summed E-state index contributed by atoms with van der Waals surface area (Å²) in [7, 11) is 6.25. The van der Waals surface area contributed by atoms with Crippen LogP contribution in [0, 0.1) is 0 Å². The molecule has 0 aliphatic carbocycles. The van der Waals surface area contributed by atoms with Gasteiger partial charge in [0.1, 0.15) is 0 Å². The van der Waals surface area contributed by atoms with Crippen LogP contribution < -0.4 is 4.90 Å². The molecule has 50 valence electrons. The summed E-state index contributed by atoms with van der Waals surface area (Å²) in [5.74, 6) is 0. The molecular weight excluding hydrogens is 114 g/mol. The van der Waals surface area contributed by atoms with Crippen molar-refractivity contribution >= 4 is 13.5 Å². The first-order valence-electron chi connectivity index (χ1n) is 1.50. The van der Waals surface area contributed by atoms with Crippen molar-refractivity contribution < 1.29 is 15.9 Å². The third kappa shape index (κ3) is 2110. The largest absolute Gasteiger partial charge is 0.870 e. The van der Waals surface area contributed by atoms with Crippen molar-refractivity contribution in [3.63, 3.8) is 0 Å². The van der Waals surface area contributed by atoms with E-state index in [2.05, 4.69) is 21.1 Å². The van der Waals surface area contributed by atoms with Crippen LogP contribution in [-0.2, 0) is 13.5 Å². The monoisotopic (exact) mass is 129 g/mol. The van der Waals surface area contributed by atoms with Crippen LogP contribution in [0.25, 0.3) is 0 Å². The number of nitrogens with one attached hydrogen (secondary N) is 1. The average molecular weight is 129 g/mol. The number of rotatable bonds is 0. The van der Waals surface area contributed by atoms with E-state index in [1.54, 1.807) is 0 Å². The number of quaternary nitrogens is 1. The smallest absolute Gasteiger partial charge is 0.0661 e. The van der Waals surface area contributed by atoms with E-state index in [0.29, 0.717) is 0 Å². The Labute approximate surface area is 51.4 Å². The molecule has 0 saturated heterocycles. The van der Waals surface area contributed by atoms with E-state index >= 15 is 0 Å². The van der Waals surface area contributed by atoms with Gasteiger partial charge < -0.3 is 15.9 Å². The van der Waals surface area contributed by atoms with E-state index in [1.165, 1.54) is 4.90 Å². The molecule has 0 aliphatic rings. The average Bonchev–Trinajstić information content (AvgIpc) is 0.811. The molecule has 0 rings (SSSR count). The van der Waals surface area contributed by atoms with Crippen molar-refractivity contribution in [1.29, 1.82) is 0 Å². The molecule has 0 aliphatic heterocycles. The second-order valence-corrected chi connectivity index (χ2v) is 1.50. The van der Waals surface area contributed by atoms with Gasteiger partial charge in [-0.1, -0.05) is 13.5 Å². The van der Waals surface area contributed by atoms with Crippen LogP contribution in [0.4, 0.5) is 0 Å². The summed E-state index contributed by atoms with van der Waals surface area (Å²) in [5.41, 5.74) is 0. The van der Waals surface area contributed by atoms with Crippen LogP contribution in [0.2, 0.25) is 0 Å². The first-order chi connectivity index (χ1) is 1.73. The van der Waals surface area contributed by atoms with Crippen molar-refractivity contribution in [1.82, 2.24) is 0 Å². The van der Waals surface area contributed by atoms with E-state index in [-0.39, 0.29) is 24.4 Å². The maximum Gasteiger partial charge on any atom is 0.0661 e. The highest BCUT2D eigenvalue weighted by atomic mass is 32.1. The molecule has 0 heterocycles. The lowest BCUT2D eigenvalue weighted by atomic mass is 11.0. The summed E-state index contributed by atoms with van der Waals surface area (Å²) >= 11 is 0. The van der Waals surface area contributed by atoms with Crippen molar-refractivity contribution in [3.05, 3.63) is 0 Å². The normalized spacial score (nSPS) is 5.14. The molecule has 0 aromatic carbocycles. The third-order valence-electron chi connectivity index (χ3n) is 0. The minimum Gasteiger partial charge on any atom is -0.870 e. The van der Waals surface area contributed by atoms with Gasteiger partial charge in [0.05, 0.1) is 21.1 Å². The maximum atomic E-state index is 2.08. The number of hydrogen-bond acceptors (Lipinski definition) is 2. The molecule has 3 nitrogen and oxygen atoms in total. The second-order valence-electron chi connectivity index (χ2n) is 1.50. The van der Waals surface area contributed by atoms with Crippen LogP contribution in [0.5, 0.6) is 0 Å². The fraction of sp³-hybridized carbons (Fsp3) is 1.00. The molecule has 0 spiro atoms. The molecule has 0 atom stereocenters. The minimum atomic E-state index is 0. The molecule has 0 fully saturated rings. The third-order valence-corrected chi connectivity index (χ3v) is 0. The van der Waals surface area contributed by atoms with Crippen LogP contribution >= 0.6 is 0 Å². The van der Waals surface area contributed by atoms with Crippen LogP contribution in [-0.4, -0.2) is 32.1 Å². The summed E-state index contributed by atoms with van der Waals surface area (Å²) in [5, 5.41) is 0. The van der Waals surface area contributed by atoms with Crippen LogP contribution in [0.3, 0.4) is 0 Å². The minimum absolute atomic E-state index is 0. The fourth-order valence-electron chi connectivity index (χ4n) is 0. The van der Waals surface area contributed by atoms with Gasteiger partial charge in [-0.05, 0) is 0 Å². The summed E-state index contributed by atoms with van der Waals surface area (Å²) in [6.45, 7) is 0. The van der Waals surface area contributed by atoms with Gasteiger partial charge in [-0.3, -0.25) is 0 Å². The Bertz CT molecular complexity index is 17.7. The van der Waals surface area contributed by atoms with Gasteiger partial charge >= 0.3 is 0 Å². The molecule has 0 unspecified atom stereocenters. The molecule has 4 heteroatoms. The Morgan fingerprint density at radius 3 is 0.857 bits per heavy atom. The quantitative estimate of drug-likeness (QED) is 0.371. The lowest BCUT2D eigenvalue weighted by Crippen LogP contribution is -3.02. The molecule has 0 saturated carbocycles. The molecule has 7 heavy (non-hydrogen) atoms. The first-order valence-corrected chi connectivity index (χ1v) is 1.50. The van der Waals surface area contributed by atoms with Gasteiger partial charge in [0, 0.05) is 0 Å². The molecule has 0 bridgehead atoms. The molecule has 3 N–H and O–H groups in total. The zero-order valence-corrected chi connectivity index (χ0v) is 6.13. The van der Waals surface area contributed by atoms with Gasteiger partial charge in [-0.15, -0.1) is 0 Å². The summed E-state index contributed by atoms with van der Waals surface area (Å²) in [4.78, 5) is 1.42. The maximum absolute atomic E-state index is 2.08. The van der Waals surface area contributed by atoms with Crippen molar-refractivity contribution in [2.24, 2.45) is 0 Å². The second kappa shape index (κ2) is 16.3. The lowest BCUT2D eigenvalue weighted by Gasteiger charge is -1.88. The van der Waals surface area contributed by atoms with Crippen molar-refractivity contribution in [2.45, 2.75) is 0 Å². The van der Waals surface area contributed by atoms with Crippen molar-refractivity contribution in [2.75, 3.05) is 21.1 Å². The summed E-state index contributed by atoms with van der Waals surface area (Å²) in [6, 6.07) is 0. The highest BCUT2D eigenvalue weighted by molar-refractivity contribution is 7.37. The molecule has 0 radical (unpaired) electrons. The van der Waals surface area contributed by atoms with E-state index < -0.39 is 0 Å². The fourth-order valence-corrected chi connectivity index (χ4v) is 0. The Morgan fingerprint density at radius 2 is 0.857 bits per heavy atom. The topological polar surface area (TPSA) is 64.4 Å². The molecule has 0 amide bonds. The highest BCUT2D eigenvalue weighted by Crippen LogP contribution is 0.864. The van der Waals surface area contributed by atoms with Gasteiger partial charge in [0.2, 0.25) is 0 Å². The zero-order chi connectivity index (χ0) is 3.58. The Hall–Kier alpha value is 0.230. The van der Waals surface area contributed by atoms with E-state index in [9.17, 15) is 0 Å². The van der Waals surface area contributed by atoms with Crippen molar-refractivity contribution in [3.8, 4) is 0 Å². The molecule has 0 aromatic heterocycles. The van der Waals surface area contributed by atoms with Gasteiger partial charge in [-0.25, -0.2) is 0 Å². The van der Waals surface area contributed by atoms with Crippen LogP contribution in [0.15, 0.2) is 0 Å². The standard InChI is InChI=1S/C3H9N.2H2O.H2S/c1-4(2)3;;;/h1-3H3;3*1H2. The Kier molecular flexibility index (Phi) is 62.8. The molecular formula is C3H15NO2S. The summed E-state index contributed by atoms with van der Waals surface area (Å²) in [6.07, 6.45) is 0. The number of hydrogen-bond donors (Lipinski definition) is 1. The van der Waals surface area contributed by atoms with E-state index in [4.69, 9.17) is 0 Å². The Balaban J connectivity index is -0.0000000150. The van der Waals surface area contributed by atoms with Gasteiger partial charge in [0.15, 0.2) is 0 Å². The van der Waals surface area contributed by atoms with Gasteiger partial charge in [0.25, 0.3) is 0 Å². The SMILES string of the molecule is C[NH+](C)C.[OH-].[OH-].[SH3+]. The van der Waals surface area contributed by atoms with E-state index in [1.807, 2.05) is 0 Å². The van der Waals surface area contributed by atoms with E-state index in [0.717, 1.165) is 0 Å².